The van der Waals surface area contributed by atoms with Gasteiger partial charge in [-0.15, -0.1) is 0 Å². The number of hydrogen-bond donors (Lipinski definition) is 3. The summed E-state index contributed by atoms with van der Waals surface area (Å²) in [4.78, 5) is 19.3. The fourth-order valence-corrected chi connectivity index (χ4v) is 14.0. The van der Waals surface area contributed by atoms with E-state index in [1.165, 1.54) is 12.8 Å². The lowest BCUT2D eigenvalue weighted by Gasteiger charge is -2.64. The molecule has 0 aromatic carbocycles. The highest BCUT2D eigenvalue weighted by Gasteiger charge is 2.84. The zero-order chi connectivity index (χ0) is 35.1. The minimum absolute atomic E-state index is 0.0447. The molecule has 14 atom stereocenters. The highest BCUT2D eigenvalue weighted by Crippen LogP contribution is 2.89. The van der Waals surface area contributed by atoms with Gasteiger partial charge in [-0.05, 0) is 111 Å². The van der Waals surface area contributed by atoms with Crippen molar-refractivity contribution >= 4 is 5.91 Å². The average Bonchev–Trinajstić information content (AvgIpc) is 3.45. The zero-order valence-electron chi connectivity index (χ0n) is 31.0. The van der Waals surface area contributed by atoms with Crippen molar-refractivity contribution in [3.63, 3.8) is 0 Å². The van der Waals surface area contributed by atoms with E-state index < -0.39 is 30.2 Å². The van der Waals surface area contributed by atoms with Crippen LogP contribution in [0.3, 0.4) is 0 Å². The Morgan fingerprint density at radius 2 is 1.82 bits per heavy atom. The Morgan fingerprint density at radius 1 is 1.10 bits per heavy atom. The van der Waals surface area contributed by atoms with Gasteiger partial charge in [0.15, 0.2) is 12.1 Å². The van der Waals surface area contributed by atoms with Crippen LogP contribution in [0.2, 0.25) is 0 Å². The molecule has 2 spiro atoms. The summed E-state index contributed by atoms with van der Waals surface area (Å²) >= 11 is 0. The van der Waals surface area contributed by atoms with Gasteiger partial charge in [0.2, 0.25) is 0 Å². The van der Waals surface area contributed by atoms with Crippen molar-refractivity contribution in [2.75, 3.05) is 19.7 Å². The number of carbonyl (C=O) groups is 1. The standard InChI is InChI=1S/C39H61N3O7/c1-22-19-23(30(43)35(4,5)46)48-29-28(22)36(6)13-14-39-21-38(39)12-11-26(34(2,3)24(38)9-10-25(39)37(36,7)31(29)44)49-27-20-42(17-18-47-27)33(45)32-40-15-16-41(32)8/h15-16,22-31,43-44,46H,9-14,17-21H2,1-8H3/t22-,23?,24+,25?,26+,27+,28+,29?,30+,31+,36-,37-,38-,39?/m1/s1. The summed E-state index contributed by atoms with van der Waals surface area (Å²) in [5, 5.41) is 34.2. The molecule has 1 aromatic rings. The van der Waals surface area contributed by atoms with Crippen LogP contribution in [0.25, 0.3) is 0 Å². The van der Waals surface area contributed by atoms with Crippen LogP contribution in [0.15, 0.2) is 12.4 Å². The molecule has 3 N–H and O–H groups in total. The molecule has 0 radical (unpaired) electrons. The molecule has 7 fully saturated rings. The van der Waals surface area contributed by atoms with Crippen molar-refractivity contribution in [1.82, 2.24) is 14.5 Å². The van der Waals surface area contributed by atoms with Crippen LogP contribution < -0.4 is 0 Å². The van der Waals surface area contributed by atoms with Crippen LogP contribution >= 0.6 is 0 Å². The molecule has 2 aliphatic heterocycles. The first-order chi connectivity index (χ1) is 22.9. The van der Waals surface area contributed by atoms with Gasteiger partial charge in [0, 0.05) is 31.4 Å². The maximum Gasteiger partial charge on any atom is 0.290 e. The number of morpholine rings is 1. The Hall–Kier alpha value is -1.56. The molecular formula is C39H61N3O7. The predicted molar refractivity (Wildman–Crippen MR) is 182 cm³/mol. The van der Waals surface area contributed by atoms with Crippen LogP contribution in [-0.2, 0) is 21.3 Å². The molecule has 5 saturated carbocycles. The number of imidazole rings is 1. The Kier molecular flexibility index (Phi) is 7.74. The third-order valence-electron chi connectivity index (χ3n) is 16.5. The third kappa shape index (κ3) is 4.52. The van der Waals surface area contributed by atoms with Crippen molar-refractivity contribution in [3.05, 3.63) is 18.2 Å². The van der Waals surface area contributed by atoms with Gasteiger partial charge in [-0.3, -0.25) is 4.79 Å². The summed E-state index contributed by atoms with van der Waals surface area (Å²) in [5.74, 6) is 1.81. The van der Waals surface area contributed by atoms with Crippen LogP contribution in [0.1, 0.15) is 110 Å². The number of aliphatic hydroxyl groups is 3. The van der Waals surface area contributed by atoms with Gasteiger partial charge in [-0.1, -0.05) is 34.6 Å². The first-order valence-electron chi connectivity index (χ1n) is 19.2. The lowest BCUT2D eigenvalue weighted by molar-refractivity contribution is -0.245. The maximum absolute atomic E-state index is 13.2. The molecule has 10 heteroatoms. The summed E-state index contributed by atoms with van der Waals surface area (Å²) in [5.41, 5.74) is -1.17. The summed E-state index contributed by atoms with van der Waals surface area (Å²) in [6, 6.07) is 0. The molecular weight excluding hydrogens is 622 g/mol. The minimum atomic E-state index is -1.26. The van der Waals surface area contributed by atoms with Gasteiger partial charge < -0.3 is 39.0 Å². The average molecular weight is 684 g/mol. The van der Waals surface area contributed by atoms with Gasteiger partial charge in [-0.2, -0.15) is 0 Å². The number of aliphatic hydroxyl groups excluding tert-OH is 2. The van der Waals surface area contributed by atoms with Crippen molar-refractivity contribution in [3.8, 4) is 0 Å². The van der Waals surface area contributed by atoms with E-state index in [9.17, 15) is 20.1 Å². The molecule has 1 amide bonds. The number of carbonyl (C=O) groups excluding carboxylic acids is 1. The van der Waals surface area contributed by atoms with Gasteiger partial charge in [0.25, 0.3) is 5.91 Å². The molecule has 3 heterocycles. The Morgan fingerprint density at radius 3 is 2.51 bits per heavy atom. The van der Waals surface area contributed by atoms with E-state index in [4.69, 9.17) is 14.2 Å². The predicted octanol–water partition coefficient (Wildman–Crippen LogP) is 4.55. The van der Waals surface area contributed by atoms with E-state index in [0.717, 1.165) is 32.1 Å². The number of amides is 1. The third-order valence-corrected chi connectivity index (χ3v) is 16.5. The number of aryl methyl sites for hydroxylation is 1. The van der Waals surface area contributed by atoms with Gasteiger partial charge in [-0.25, -0.2) is 4.98 Å². The van der Waals surface area contributed by atoms with Crippen molar-refractivity contribution in [2.45, 2.75) is 142 Å². The number of rotatable bonds is 5. The second kappa shape index (κ2) is 11.0. The van der Waals surface area contributed by atoms with Crippen LogP contribution in [-0.4, -0.2) is 97.8 Å². The highest BCUT2D eigenvalue weighted by atomic mass is 16.7. The van der Waals surface area contributed by atoms with Crippen molar-refractivity contribution in [1.29, 1.82) is 0 Å². The fourth-order valence-electron chi connectivity index (χ4n) is 14.0. The molecule has 10 nitrogen and oxygen atoms in total. The summed E-state index contributed by atoms with van der Waals surface area (Å²) in [7, 11) is 1.84. The number of ether oxygens (including phenoxy) is 3. The summed E-state index contributed by atoms with van der Waals surface area (Å²) < 4.78 is 21.4. The second-order valence-corrected chi connectivity index (χ2v) is 19.2. The molecule has 8 rings (SSSR count). The molecule has 4 unspecified atom stereocenters. The number of nitrogens with zero attached hydrogens (tertiary/aromatic N) is 3. The van der Waals surface area contributed by atoms with Crippen LogP contribution in [0, 0.1) is 50.7 Å². The Bertz CT molecular complexity index is 1470. The summed E-state index contributed by atoms with van der Waals surface area (Å²) in [6.45, 7) is 16.6. The lowest BCUT2D eigenvalue weighted by atomic mass is 9.41. The maximum atomic E-state index is 13.2. The van der Waals surface area contributed by atoms with Crippen LogP contribution in [0.5, 0.6) is 0 Å². The highest BCUT2D eigenvalue weighted by molar-refractivity contribution is 5.90. The molecule has 274 valence electrons. The molecule has 1 aromatic heterocycles. The monoisotopic (exact) mass is 683 g/mol. The molecule has 0 bridgehead atoms. The van der Waals surface area contributed by atoms with E-state index in [1.807, 2.05) is 11.9 Å². The number of fused-ring (bicyclic) bond motifs is 4. The van der Waals surface area contributed by atoms with Gasteiger partial charge in [0.1, 0.15) is 6.10 Å². The number of aromatic nitrogens is 2. The van der Waals surface area contributed by atoms with Crippen LogP contribution in [0.4, 0.5) is 0 Å². The molecule has 7 aliphatic rings. The van der Waals surface area contributed by atoms with E-state index >= 15 is 0 Å². The van der Waals surface area contributed by atoms with Gasteiger partial charge >= 0.3 is 0 Å². The zero-order valence-corrected chi connectivity index (χ0v) is 31.0. The van der Waals surface area contributed by atoms with Crippen molar-refractivity contribution in [2.24, 2.45) is 57.8 Å². The Balaban J connectivity index is 1.01. The minimum Gasteiger partial charge on any atom is -0.390 e. The topological polar surface area (TPSA) is 127 Å². The van der Waals surface area contributed by atoms with E-state index in [0.29, 0.717) is 43.8 Å². The Labute approximate surface area is 292 Å². The lowest BCUT2D eigenvalue weighted by Crippen LogP contribution is -2.60. The van der Waals surface area contributed by atoms with Gasteiger partial charge in [0.05, 0.1) is 43.2 Å². The SMILES string of the molecule is C[C@@H]1CC([C@H](O)C(C)(C)O)OC2[C@H]1[C@@]1(C)CCC34C[C@@]35CC[C@H](O[C@H]3CN(C(=O)c6nccn6C)CCO3)C(C)(C)[C@@H]5CCC4[C@]1(C)[C@H]2O. The molecule has 2 saturated heterocycles. The quantitative estimate of drug-likeness (QED) is 0.413. The second-order valence-electron chi connectivity index (χ2n) is 19.2. The summed E-state index contributed by atoms with van der Waals surface area (Å²) in [6.07, 6.45) is 9.19. The smallest absolute Gasteiger partial charge is 0.290 e. The largest absolute Gasteiger partial charge is 0.390 e. The van der Waals surface area contributed by atoms with E-state index in [-0.39, 0.29) is 57.0 Å². The first kappa shape index (κ1) is 34.5. The number of hydrogen-bond acceptors (Lipinski definition) is 8. The molecule has 5 aliphatic carbocycles. The first-order valence-corrected chi connectivity index (χ1v) is 19.2. The van der Waals surface area contributed by atoms with E-state index in [2.05, 4.69) is 39.6 Å². The normalized spacial score (nSPS) is 49.2. The molecule has 49 heavy (non-hydrogen) atoms. The van der Waals surface area contributed by atoms with E-state index in [1.54, 1.807) is 30.8 Å². The van der Waals surface area contributed by atoms with Crippen molar-refractivity contribution < 1.29 is 34.3 Å². The fraction of sp³-hybridized carbons (Fsp3) is 0.897.